The lowest BCUT2D eigenvalue weighted by Gasteiger charge is -2.27. The first-order valence-electron chi connectivity index (χ1n) is 9.42. The van der Waals surface area contributed by atoms with Gasteiger partial charge in [0.1, 0.15) is 0 Å². The number of aliphatic carboxylic acids is 1. The molecular formula is C24H25NO4. The van der Waals surface area contributed by atoms with E-state index in [0.717, 1.165) is 16.7 Å². The van der Waals surface area contributed by atoms with Crippen molar-refractivity contribution < 1.29 is 19.4 Å². The molecule has 0 aliphatic carbocycles. The molecule has 3 aromatic rings. The summed E-state index contributed by atoms with van der Waals surface area (Å²) in [4.78, 5) is 11.6. The number of hydrogen-bond acceptors (Lipinski definition) is 4. The van der Waals surface area contributed by atoms with Crippen molar-refractivity contribution in [3.05, 3.63) is 95.6 Å². The van der Waals surface area contributed by atoms with Crippen LogP contribution in [0.5, 0.6) is 11.5 Å². The van der Waals surface area contributed by atoms with E-state index in [1.807, 2.05) is 72.8 Å². The Hall–Kier alpha value is -3.31. The summed E-state index contributed by atoms with van der Waals surface area (Å²) in [7, 11) is 3.14. The van der Waals surface area contributed by atoms with Crippen molar-refractivity contribution in [1.82, 2.24) is 5.32 Å². The molecule has 0 radical (unpaired) electrons. The van der Waals surface area contributed by atoms with Gasteiger partial charge in [0.25, 0.3) is 0 Å². The predicted octanol–water partition coefficient (Wildman–Crippen LogP) is 4.60. The normalized spacial score (nSPS) is 11.8. The molecule has 150 valence electrons. The van der Waals surface area contributed by atoms with Crippen molar-refractivity contribution >= 4 is 5.97 Å². The first-order valence-corrected chi connectivity index (χ1v) is 9.42. The van der Waals surface area contributed by atoms with E-state index in [0.29, 0.717) is 11.5 Å². The lowest BCUT2D eigenvalue weighted by Crippen LogP contribution is -2.29. The van der Waals surface area contributed by atoms with Crippen molar-refractivity contribution in [2.75, 3.05) is 14.2 Å². The van der Waals surface area contributed by atoms with Crippen LogP contribution < -0.4 is 14.8 Å². The molecule has 1 atom stereocenters. The fourth-order valence-corrected chi connectivity index (χ4v) is 3.39. The van der Waals surface area contributed by atoms with Crippen LogP contribution >= 0.6 is 0 Å². The molecule has 2 N–H and O–H groups in total. The smallest absolute Gasteiger partial charge is 0.305 e. The minimum absolute atomic E-state index is 0.0638. The molecule has 3 rings (SSSR count). The van der Waals surface area contributed by atoms with Gasteiger partial charge in [0.05, 0.1) is 26.7 Å². The quantitative estimate of drug-likeness (QED) is 0.558. The lowest BCUT2D eigenvalue weighted by molar-refractivity contribution is -0.137. The van der Waals surface area contributed by atoms with E-state index in [-0.39, 0.29) is 12.5 Å². The van der Waals surface area contributed by atoms with Crippen LogP contribution in [0.15, 0.2) is 78.9 Å². The summed E-state index contributed by atoms with van der Waals surface area (Å²) in [5.74, 6) is 0.295. The monoisotopic (exact) mass is 391 g/mol. The average Bonchev–Trinajstić information content (AvgIpc) is 2.77. The van der Waals surface area contributed by atoms with Gasteiger partial charge in [0.2, 0.25) is 0 Å². The van der Waals surface area contributed by atoms with E-state index in [1.54, 1.807) is 20.3 Å². The first kappa shape index (κ1) is 20.4. The number of benzene rings is 3. The molecule has 0 unspecified atom stereocenters. The largest absolute Gasteiger partial charge is 0.493 e. The lowest BCUT2D eigenvalue weighted by atomic mass is 9.95. The maximum atomic E-state index is 11.6. The Morgan fingerprint density at radius 2 is 1.38 bits per heavy atom. The van der Waals surface area contributed by atoms with E-state index >= 15 is 0 Å². The Balaban J connectivity index is 2.00. The summed E-state index contributed by atoms with van der Waals surface area (Å²) in [6.45, 7) is 0. The highest BCUT2D eigenvalue weighted by Gasteiger charge is 2.23. The van der Waals surface area contributed by atoms with E-state index in [2.05, 4.69) is 5.32 Å². The van der Waals surface area contributed by atoms with Crippen LogP contribution in [0.1, 0.15) is 35.2 Å². The van der Waals surface area contributed by atoms with Gasteiger partial charge >= 0.3 is 5.97 Å². The van der Waals surface area contributed by atoms with Gasteiger partial charge in [-0.1, -0.05) is 66.7 Å². The van der Waals surface area contributed by atoms with Crippen molar-refractivity contribution in [1.29, 1.82) is 0 Å². The van der Waals surface area contributed by atoms with Gasteiger partial charge in [-0.05, 0) is 28.8 Å². The van der Waals surface area contributed by atoms with E-state index in [1.165, 1.54) is 0 Å². The summed E-state index contributed by atoms with van der Waals surface area (Å²) >= 11 is 0. The second-order valence-corrected chi connectivity index (χ2v) is 6.69. The molecule has 0 amide bonds. The molecule has 5 nitrogen and oxygen atoms in total. The van der Waals surface area contributed by atoms with Gasteiger partial charge < -0.3 is 14.6 Å². The first-order chi connectivity index (χ1) is 14.1. The van der Waals surface area contributed by atoms with E-state index in [4.69, 9.17) is 9.47 Å². The zero-order valence-electron chi connectivity index (χ0n) is 16.5. The summed E-state index contributed by atoms with van der Waals surface area (Å²) in [6, 6.07) is 24.9. The number of ether oxygens (including phenoxy) is 2. The number of carboxylic acid groups (broad SMARTS) is 1. The zero-order chi connectivity index (χ0) is 20.6. The van der Waals surface area contributed by atoms with Crippen LogP contribution in [0.25, 0.3) is 0 Å². The standard InChI is InChI=1S/C24H25NO4/c1-28-21-14-13-19(15-22(21)29-2)20(16-23(26)27)25-24(17-9-5-3-6-10-17)18-11-7-4-8-12-18/h3-15,20,24-25H,16H2,1-2H3,(H,26,27)/t20-/m1/s1. The molecular weight excluding hydrogens is 366 g/mol. The number of rotatable bonds is 9. The summed E-state index contributed by atoms with van der Waals surface area (Å²) in [5, 5.41) is 13.1. The number of nitrogens with one attached hydrogen (secondary N) is 1. The minimum Gasteiger partial charge on any atom is -0.493 e. The molecule has 29 heavy (non-hydrogen) atoms. The second-order valence-electron chi connectivity index (χ2n) is 6.69. The maximum absolute atomic E-state index is 11.6. The van der Waals surface area contributed by atoms with Crippen LogP contribution in [0.3, 0.4) is 0 Å². The summed E-state index contributed by atoms with van der Waals surface area (Å²) in [6.07, 6.45) is -0.0638. The zero-order valence-corrected chi connectivity index (χ0v) is 16.5. The molecule has 3 aromatic carbocycles. The molecule has 0 heterocycles. The maximum Gasteiger partial charge on any atom is 0.305 e. The number of carboxylic acids is 1. The molecule has 0 aliphatic rings. The molecule has 0 saturated carbocycles. The molecule has 0 bridgehead atoms. The van der Waals surface area contributed by atoms with Crippen molar-refractivity contribution in [2.24, 2.45) is 0 Å². The Labute approximate surface area is 170 Å². The third kappa shape index (κ3) is 5.15. The second kappa shape index (κ2) is 9.75. The van der Waals surface area contributed by atoms with Gasteiger partial charge in [0, 0.05) is 6.04 Å². The SMILES string of the molecule is COc1ccc([C@@H](CC(=O)O)NC(c2ccccc2)c2ccccc2)cc1OC. The molecule has 5 heteroatoms. The number of methoxy groups -OCH3 is 2. The predicted molar refractivity (Wildman–Crippen MR) is 112 cm³/mol. The Kier molecular flexibility index (Phi) is 6.87. The van der Waals surface area contributed by atoms with Gasteiger partial charge in [-0.25, -0.2) is 0 Å². The molecule has 0 aromatic heterocycles. The highest BCUT2D eigenvalue weighted by molar-refractivity contribution is 5.68. The van der Waals surface area contributed by atoms with Gasteiger partial charge in [-0.3, -0.25) is 10.1 Å². The van der Waals surface area contributed by atoms with Crippen molar-refractivity contribution in [3.63, 3.8) is 0 Å². The summed E-state index contributed by atoms with van der Waals surface area (Å²) in [5.41, 5.74) is 2.95. The highest BCUT2D eigenvalue weighted by Crippen LogP contribution is 2.33. The van der Waals surface area contributed by atoms with Gasteiger partial charge in [-0.2, -0.15) is 0 Å². The Bertz CT molecular complexity index is 889. The van der Waals surface area contributed by atoms with E-state index < -0.39 is 12.0 Å². The van der Waals surface area contributed by atoms with Gasteiger partial charge in [0.15, 0.2) is 11.5 Å². The van der Waals surface area contributed by atoms with Crippen LogP contribution in [0, 0.1) is 0 Å². The van der Waals surface area contributed by atoms with Crippen LogP contribution in [0.2, 0.25) is 0 Å². The van der Waals surface area contributed by atoms with Crippen molar-refractivity contribution in [3.8, 4) is 11.5 Å². The molecule has 0 aliphatic heterocycles. The third-order valence-electron chi connectivity index (χ3n) is 4.82. The third-order valence-corrected chi connectivity index (χ3v) is 4.82. The van der Waals surface area contributed by atoms with E-state index in [9.17, 15) is 9.90 Å². The average molecular weight is 391 g/mol. The van der Waals surface area contributed by atoms with Crippen molar-refractivity contribution in [2.45, 2.75) is 18.5 Å². The minimum atomic E-state index is -0.878. The van der Waals surface area contributed by atoms with Gasteiger partial charge in [-0.15, -0.1) is 0 Å². The van der Waals surface area contributed by atoms with Crippen LogP contribution in [-0.4, -0.2) is 25.3 Å². The fraction of sp³-hybridized carbons (Fsp3) is 0.208. The highest BCUT2D eigenvalue weighted by atomic mass is 16.5. The Morgan fingerprint density at radius 3 is 1.86 bits per heavy atom. The van der Waals surface area contributed by atoms with Crippen LogP contribution in [-0.2, 0) is 4.79 Å². The Morgan fingerprint density at radius 1 is 0.828 bits per heavy atom. The summed E-state index contributed by atoms with van der Waals surface area (Å²) < 4.78 is 10.7. The number of hydrogen-bond donors (Lipinski definition) is 2. The molecule has 0 spiro atoms. The molecule has 0 fully saturated rings. The number of carbonyl (C=O) groups is 1. The van der Waals surface area contributed by atoms with Crippen LogP contribution in [0.4, 0.5) is 0 Å². The molecule has 0 saturated heterocycles. The topological polar surface area (TPSA) is 67.8 Å². The fourth-order valence-electron chi connectivity index (χ4n) is 3.39.